The van der Waals surface area contributed by atoms with Gasteiger partial charge in [-0.2, -0.15) is 4.98 Å². The summed E-state index contributed by atoms with van der Waals surface area (Å²) in [4.78, 5) is 30.5. The van der Waals surface area contributed by atoms with Crippen molar-refractivity contribution < 1.29 is 5.11 Å². The second-order valence-electron chi connectivity index (χ2n) is 4.89. The highest BCUT2D eigenvalue weighted by Crippen LogP contribution is 2.16. The van der Waals surface area contributed by atoms with Crippen molar-refractivity contribution in [3.05, 3.63) is 20.8 Å². The maximum absolute atomic E-state index is 11.9. The van der Waals surface area contributed by atoms with Gasteiger partial charge in [0, 0.05) is 26.2 Å². The van der Waals surface area contributed by atoms with Crippen LogP contribution in [0.5, 0.6) is 0 Å². The molecule has 8 nitrogen and oxygen atoms in total. The number of imidazole rings is 1. The lowest BCUT2D eigenvalue weighted by Crippen LogP contribution is -2.31. The van der Waals surface area contributed by atoms with Crippen molar-refractivity contribution >= 4 is 17.1 Å². The summed E-state index contributed by atoms with van der Waals surface area (Å²) in [5, 5.41) is 11.8. The third-order valence-corrected chi connectivity index (χ3v) is 3.09. The largest absolute Gasteiger partial charge is 0.396 e. The number of hydrogen-bond donors (Lipinski definition) is 3. The summed E-state index contributed by atoms with van der Waals surface area (Å²) < 4.78 is 3.07. The average Bonchev–Trinajstić information content (AvgIpc) is 2.67. The Balaban J connectivity index is 2.63. The molecule has 20 heavy (non-hydrogen) atoms. The van der Waals surface area contributed by atoms with E-state index in [1.165, 1.54) is 4.57 Å². The molecule has 2 aromatic heterocycles. The van der Waals surface area contributed by atoms with E-state index in [-0.39, 0.29) is 12.6 Å². The SMILES string of the molecule is CC(C)n1c(=O)[nH]c(=O)c2c1nc(NCCCO)n2C. The molecule has 2 aromatic rings. The number of anilines is 1. The number of hydrogen-bond acceptors (Lipinski definition) is 5. The molecular weight excluding hydrogens is 262 g/mol. The van der Waals surface area contributed by atoms with Gasteiger partial charge < -0.3 is 15.0 Å². The smallest absolute Gasteiger partial charge is 0.330 e. The minimum Gasteiger partial charge on any atom is -0.396 e. The number of fused-ring (bicyclic) bond motifs is 1. The second-order valence-corrected chi connectivity index (χ2v) is 4.89. The quantitative estimate of drug-likeness (QED) is 0.658. The van der Waals surface area contributed by atoms with Crippen LogP contribution in [0.1, 0.15) is 26.3 Å². The molecule has 110 valence electrons. The van der Waals surface area contributed by atoms with Gasteiger partial charge in [0.15, 0.2) is 11.2 Å². The minimum absolute atomic E-state index is 0.0776. The number of nitrogens with zero attached hydrogens (tertiary/aromatic N) is 3. The maximum atomic E-state index is 11.9. The number of nitrogens with one attached hydrogen (secondary N) is 2. The van der Waals surface area contributed by atoms with E-state index in [0.717, 1.165) is 0 Å². The van der Waals surface area contributed by atoms with E-state index in [4.69, 9.17) is 5.11 Å². The maximum Gasteiger partial charge on any atom is 0.330 e. The number of aromatic amines is 1. The highest BCUT2D eigenvalue weighted by atomic mass is 16.3. The van der Waals surface area contributed by atoms with Crippen LogP contribution in [-0.4, -0.2) is 37.4 Å². The molecule has 0 atom stereocenters. The van der Waals surface area contributed by atoms with Crippen LogP contribution in [0.25, 0.3) is 11.2 Å². The lowest BCUT2D eigenvalue weighted by molar-refractivity contribution is 0.292. The van der Waals surface area contributed by atoms with Gasteiger partial charge in [0.1, 0.15) is 0 Å². The molecule has 0 unspecified atom stereocenters. The topological polar surface area (TPSA) is 105 Å². The first-order chi connectivity index (χ1) is 9.47. The molecule has 0 radical (unpaired) electrons. The molecule has 0 aromatic carbocycles. The Morgan fingerprint density at radius 3 is 2.70 bits per heavy atom. The zero-order valence-corrected chi connectivity index (χ0v) is 11.8. The van der Waals surface area contributed by atoms with E-state index in [9.17, 15) is 9.59 Å². The molecule has 0 fully saturated rings. The molecule has 0 amide bonds. The molecule has 0 spiro atoms. The van der Waals surface area contributed by atoms with Crippen molar-refractivity contribution in [2.45, 2.75) is 26.3 Å². The Labute approximate surface area is 115 Å². The monoisotopic (exact) mass is 281 g/mol. The second kappa shape index (κ2) is 5.49. The van der Waals surface area contributed by atoms with Crippen molar-refractivity contribution in [1.82, 2.24) is 19.1 Å². The number of aromatic nitrogens is 4. The molecule has 0 aliphatic heterocycles. The van der Waals surface area contributed by atoms with Gasteiger partial charge in [-0.3, -0.25) is 14.3 Å². The van der Waals surface area contributed by atoms with Gasteiger partial charge in [-0.05, 0) is 20.3 Å². The lowest BCUT2D eigenvalue weighted by atomic mass is 10.4. The summed E-state index contributed by atoms with van der Waals surface area (Å²) in [5.41, 5.74) is -0.197. The van der Waals surface area contributed by atoms with E-state index in [1.54, 1.807) is 11.6 Å². The normalized spacial score (nSPS) is 11.4. The van der Waals surface area contributed by atoms with Gasteiger partial charge in [0.05, 0.1) is 0 Å². The van der Waals surface area contributed by atoms with Crippen LogP contribution >= 0.6 is 0 Å². The fourth-order valence-electron chi connectivity index (χ4n) is 2.14. The van der Waals surface area contributed by atoms with Crippen LogP contribution in [0.3, 0.4) is 0 Å². The zero-order chi connectivity index (χ0) is 14.9. The molecule has 3 N–H and O–H groups in total. The summed E-state index contributed by atoms with van der Waals surface area (Å²) in [7, 11) is 1.71. The fraction of sp³-hybridized carbons (Fsp3) is 0.583. The average molecular weight is 281 g/mol. The number of aliphatic hydroxyl groups is 1. The highest BCUT2D eigenvalue weighted by molar-refractivity contribution is 5.74. The van der Waals surface area contributed by atoms with Crippen molar-refractivity contribution in [1.29, 1.82) is 0 Å². The predicted octanol–water partition coefficient (Wildman–Crippen LogP) is -0.202. The first-order valence-electron chi connectivity index (χ1n) is 6.53. The standard InChI is InChI=1S/C12H19N5O3/c1-7(2)17-9-8(10(19)15-12(17)20)16(3)11(14-9)13-5-4-6-18/h7,18H,4-6H2,1-3H3,(H,13,14)(H,15,19,20). The van der Waals surface area contributed by atoms with E-state index in [1.807, 2.05) is 13.8 Å². The summed E-state index contributed by atoms with van der Waals surface area (Å²) >= 11 is 0. The molecule has 0 saturated heterocycles. The Hall–Kier alpha value is -2.09. The lowest BCUT2D eigenvalue weighted by Gasteiger charge is -2.08. The number of H-pyrrole nitrogens is 1. The van der Waals surface area contributed by atoms with Crippen LogP contribution in [0.4, 0.5) is 5.95 Å². The Kier molecular flexibility index (Phi) is 3.93. The third-order valence-electron chi connectivity index (χ3n) is 3.09. The van der Waals surface area contributed by atoms with Crippen molar-refractivity contribution in [2.24, 2.45) is 7.05 Å². The molecular formula is C12H19N5O3. The van der Waals surface area contributed by atoms with E-state index < -0.39 is 11.2 Å². The summed E-state index contributed by atoms with van der Waals surface area (Å²) in [6.07, 6.45) is 0.580. The third kappa shape index (κ3) is 2.34. The molecule has 8 heteroatoms. The van der Waals surface area contributed by atoms with Gasteiger partial charge in [0.25, 0.3) is 5.56 Å². The Bertz CT molecular complexity index is 725. The first kappa shape index (κ1) is 14.3. The number of aryl methyl sites for hydroxylation is 1. The fourth-order valence-corrected chi connectivity index (χ4v) is 2.14. The van der Waals surface area contributed by atoms with Gasteiger partial charge in [-0.15, -0.1) is 0 Å². The zero-order valence-electron chi connectivity index (χ0n) is 11.8. The summed E-state index contributed by atoms with van der Waals surface area (Å²) in [5.74, 6) is 0.499. The van der Waals surface area contributed by atoms with Crippen molar-refractivity contribution in [3.63, 3.8) is 0 Å². The predicted molar refractivity (Wildman–Crippen MR) is 76.2 cm³/mol. The Morgan fingerprint density at radius 2 is 2.10 bits per heavy atom. The van der Waals surface area contributed by atoms with Gasteiger partial charge in [0.2, 0.25) is 5.95 Å². The van der Waals surface area contributed by atoms with Crippen LogP contribution in [0.15, 0.2) is 9.59 Å². The number of rotatable bonds is 5. The van der Waals surface area contributed by atoms with Crippen LogP contribution in [0, 0.1) is 0 Å². The van der Waals surface area contributed by atoms with Crippen molar-refractivity contribution in [3.8, 4) is 0 Å². The van der Waals surface area contributed by atoms with Gasteiger partial charge >= 0.3 is 5.69 Å². The molecule has 0 saturated carbocycles. The Morgan fingerprint density at radius 1 is 1.40 bits per heavy atom. The van der Waals surface area contributed by atoms with E-state index in [2.05, 4.69) is 15.3 Å². The van der Waals surface area contributed by atoms with E-state index in [0.29, 0.717) is 30.1 Å². The minimum atomic E-state index is -0.461. The van der Waals surface area contributed by atoms with Crippen LogP contribution in [0.2, 0.25) is 0 Å². The molecule has 2 heterocycles. The molecule has 0 aliphatic rings. The van der Waals surface area contributed by atoms with Gasteiger partial charge in [-0.25, -0.2) is 4.79 Å². The number of aliphatic hydroxyl groups excluding tert-OH is 1. The van der Waals surface area contributed by atoms with Gasteiger partial charge in [-0.1, -0.05) is 0 Å². The molecule has 0 bridgehead atoms. The summed E-state index contributed by atoms with van der Waals surface area (Å²) in [6.45, 7) is 4.32. The summed E-state index contributed by atoms with van der Waals surface area (Å²) in [6, 6.07) is -0.109. The van der Waals surface area contributed by atoms with E-state index >= 15 is 0 Å². The van der Waals surface area contributed by atoms with Crippen molar-refractivity contribution in [2.75, 3.05) is 18.5 Å². The molecule has 0 aliphatic carbocycles. The van der Waals surface area contributed by atoms with Crippen LogP contribution < -0.4 is 16.6 Å². The first-order valence-corrected chi connectivity index (χ1v) is 6.53. The van der Waals surface area contributed by atoms with Crippen LogP contribution in [-0.2, 0) is 7.05 Å². The molecule has 2 rings (SSSR count). The highest BCUT2D eigenvalue weighted by Gasteiger charge is 2.17.